The summed E-state index contributed by atoms with van der Waals surface area (Å²) in [6.45, 7) is 2.23. The number of carbonyl (C=O) groups excluding carboxylic acids is 4. The minimum Gasteiger partial charge on any atom is -0.441 e. The van der Waals surface area contributed by atoms with Crippen LogP contribution in [0.4, 0.5) is 26.2 Å². The molecule has 2 heterocycles. The van der Waals surface area contributed by atoms with Gasteiger partial charge in [0.1, 0.15) is 6.10 Å². The molecule has 0 aliphatic carbocycles. The molecule has 0 spiro atoms. The Hall–Kier alpha value is -4.77. The van der Waals surface area contributed by atoms with Gasteiger partial charge in [0.15, 0.2) is 5.82 Å². The zero-order chi connectivity index (χ0) is 31.6. The minimum atomic E-state index is -0.829. The smallest absolute Gasteiger partial charge is 0.412 e. The molecule has 4 amide bonds. The number of carbonyl (C=O) groups is 4. The molecule has 0 bridgehead atoms. The lowest BCUT2D eigenvalue weighted by Crippen LogP contribution is -2.30. The summed E-state index contributed by atoms with van der Waals surface area (Å²) in [5.41, 5.74) is 3.50. The highest BCUT2D eigenvalue weighted by molar-refractivity contribution is 6.31. The Morgan fingerprint density at radius 2 is 2.02 bits per heavy atom. The number of nitrogens with zero attached hydrogens (tertiary/aromatic N) is 2. The van der Waals surface area contributed by atoms with Gasteiger partial charge in [0.05, 0.1) is 34.1 Å². The van der Waals surface area contributed by atoms with E-state index in [1.165, 1.54) is 12.1 Å². The molecule has 3 N–H and O–H groups in total. The Balaban J connectivity index is 1.41. The van der Waals surface area contributed by atoms with Gasteiger partial charge in [0, 0.05) is 37.5 Å². The molecule has 1 atom stereocenters. The molecule has 0 fully saturated rings. The van der Waals surface area contributed by atoms with Crippen LogP contribution in [0.5, 0.6) is 0 Å². The zero-order valence-corrected chi connectivity index (χ0v) is 25.1. The molecule has 0 saturated carbocycles. The summed E-state index contributed by atoms with van der Waals surface area (Å²) >= 11 is 5.94. The average Bonchev–Trinajstić information content (AvgIpc) is 2.99. The van der Waals surface area contributed by atoms with Gasteiger partial charge in [0.25, 0.3) is 0 Å². The molecule has 10 nitrogen and oxygen atoms in total. The monoisotopic (exact) mass is 621 g/mol. The van der Waals surface area contributed by atoms with Crippen LogP contribution in [0.1, 0.15) is 50.0 Å². The number of fused-ring (bicyclic) bond motifs is 1. The second kappa shape index (κ2) is 15.1. The third kappa shape index (κ3) is 8.19. The normalized spacial score (nSPS) is 13.9. The number of benzene rings is 2. The number of halogens is 2. The quantitative estimate of drug-likeness (QED) is 0.148. The van der Waals surface area contributed by atoms with Crippen molar-refractivity contribution < 1.29 is 28.3 Å². The van der Waals surface area contributed by atoms with Crippen LogP contribution >= 0.6 is 11.6 Å². The number of anilines is 3. The van der Waals surface area contributed by atoms with Gasteiger partial charge in [-0.15, -0.1) is 0 Å². The molecule has 2 aromatic carbocycles. The van der Waals surface area contributed by atoms with Crippen molar-refractivity contribution >= 4 is 53.0 Å². The Labute approximate surface area is 259 Å². The van der Waals surface area contributed by atoms with Gasteiger partial charge in [-0.3, -0.25) is 24.7 Å². The van der Waals surface area contributed by atoms with Crippen molar-refractivity contribution in [1.29, 1.82) is 0 Å². The van der Waals surface area contributed by atoms with E-state index in [-0.39, 0.29) is 28.8 Å². The van der Waals surface area contributed by atoms with E-state index in [0.717, 1.165) is 5.56 Å². The predicted molar refractivity (Wildman–Crippen MR) is 167 cm³/mol. The van der Waals surface area contributed by atoms with E-state index in [0.29, 0.717) is 67.0 Å². The van der Waals surface area contributed by atoms with Crippen molar-refractivity contribution in [3.05, 3.63) is 82.9 Å². The summed E-state index contributed by atoms with van der Waals surface area (Å²) in [6, 6.07) is 11.6. The van der Waals surface area contributed by atoms with Gasteiger partial charge in [-0.1, -0.05) is 29.8 Å². The number of allylic oxidation sites excluding steroid dienone is 2. The summed E-state index contributed by atoms with van der Waals surface area (Å²) in [7, 11) is 1.66. The van der Waals surface area contributed by atoms with Crippen molar-refractivity contribution in [3.63, 3.8) is 0 Å². The second-order valence-electron chi connectivity index (χ2n) is 10.2. The van der Waals surface area contributed by atoms with Crippen LogP contribution in [0.25, 0.3) is 11.1 Å². The fourth-order valence-corrected chi connectivity index (χ4v) is 5.01. The van der Waals surface area contributed by atoms with Crippen molar-refractivity contribution in [2.75, 3.05) is 29.5 Å². The molecular formula is C32H33ClFN5O5. The lowest BCUT2D eigenvalue weighted by Gasteiger charge is -2.27. The van der Waals surface area contributed by atoms with Crippen molar-refractivity contribution in [2.45, 2.75) is 45.1 Å². The average molecular weight is 622 g/mol. The molecule has 1 aliphatic heterocycles. The number of aromatic nitrogens is 1. The number of pyridine rings is 1. The van der Waals surface area contributed by atoms with Crippen LogP contribution in [-0.4, -0.2) is 47.8 Å². The Morgan fingerprint density at radius 1 is 1.20 bits per heavy atom. The first kappa shape index (κ1) is 32.2. The second-order valence-corrected chi connectivity index (χ2v) is 10.6. The van der Waals surface area contributed by atoms with E-state index in [2.05, 4.69) is 20.9 Å². The van der Waals surface area contributed by atoms with Crippen molar-refractivity contribution in [2.24, 2.45) is 0 Å². The number of hydrogen-bond acceptors (Lipinski definition) is 6. The summed E-state index contributed by atoms with van der Waals surface area (Å²) in [5, 5.41) is 7.93. The number of ether oxygens (including phenoxy) is 1. The maximum Gasteiger partial charge on any atom is 0.412 e. The van der Waals surface area contributed by atoms with Gasteiger partial charge in [-0.2, -0.15) is 0 Å². The van der Waals surface area contributed by atoms with Crippen LogP contribution < -0.4 is 16.0 Å². The standard InChI is InChI=1S/C32H33ClFN5O5/c1-3-4-5-8-28(41)37-26-17-21(36-19-40)9-10-23(26)20-13-14-35-22(16-20)18-29(42)39(2)15-6-7-27-30-25(38-32(43)44-27)12-11-24(33)31(30)34/h3-4,9-14,16-17,19,27H,5-8,15,18H2,1-2H3,(H,36,40)(H,37,41)(H,38,43)/b4-3+. The Morgan fingerprint density at radius 3 is 2.80 bits per heavy atom. The molecule has 1 unspecified atom stereocenters. The highest BCUT2D eigenvalue weighted by Crippen LogP contribution is 2.38. The summed E-state index contributed by atoms with van der Waals surface area (Å²) in [6.07, 6.45) is 6.09. The first-order valence-electron chi connectivity index (χ1n) is 14.1. The summed E-state index contributed by atoms with van der Waals surface area (Å²) in [4.78, 5) is 54.5. The van der Waals surface area contributed by atoms with Crippen LogP contribution in [-0.2, 0) is 25.5 Å². The van der Waals surface area contributed by atoms with E-state index in [1.54, 1.807) is 48.5 Å². The lowest BCUT2D eigenvalue weighted by atomic mass is 10.0. The lowest BCUT2D eigenvalue weighted by molar-refractivity contribution is -0.129. The third-order valence-electron chi connectivity index (χ3n) is 7.08. The van der Waals surface area contributed by atoms with Crippen molar-refractivity contribution in [3.8, 4) is 11.1 Å². The predicted octanol–water partition coefficient (Wildman–Crippen LogP) is 6.49. The number of cyclic esters (lactones) is 1. The number of amides is 4. The fourth-order valence-electron chi connectivity index (χ4n) is 4.84. The SMILES string of the molecule is C/C=C/CCC(=O)Nc1cc(NC=O)ccc1-c1ccnc(CC(=O)N(C)CCCC2OC(=O)Nc3ccc(Cl)c(F)c32)c1. The molecular weight excluding hydrogens is 589 g/mol. The van der Waals surface area contributed by atoms with Crippen LogP contribution in [0.2, 0.25) is 5.02 Å². The molecule has 230 valence electrons. The van der Waals surface area contributed by atoms with Crippen molar-refractivity contribution in [1.82, 2.24) is 9.88 Å². The summed E-state index contributed by atoms with van der Waals surface area (Å²) in [5.74, 6) is -1.00. The Kier molecular flexibility index (Phi) is 11.0. The Bertz CT molecular complexity index is 1580. The first-order valence-corrected chi connectivity index (χ1v) is 14.5. The van der Waals surface area contributed by atoms with Crippen LogP contribution in [0.15, 0.2) is 60.8 Å². The van der Waals surface area contributed by atoms with Gasteiger partial charge < -0.3 is 20.3 Å². The van der Waals surface area contributed by atoms with Gasteiger partial charge in [0.2, 0.25) is 18.2 Å². The van der Waals surface area contributed by atoms with E-state index in [1.807, 2.05) is 19.1 Å². The van der Waals surface area contributed by atoms with Gasteiger partial charge in [-0.25, -0.2) is 9.18 Å². The summed E-state index contributed by atoms with van der Waals surface area (Å²) < 4.78 is 20.0. The number of rotatable bonds is 13. The molecule has 0 radical (unpaired) electrons. The molecule has 1 aromatic heterocycles. The molecule has 3 aromatic rings. The van der Waals surface area contributed by atoms with E-state index >= 15 is 0 Å². The first-order chi connectivity index (χ1) is 21.2. The number of hydrogen-bond donors (Lipinski definition) is 3. The molecule has 44 heavy (non-hydrogen) atoms. The highest BCUT2D eigenvalue weighted by atomic mass is 35.5. The number of nitrogens with one attached hydrogen (secondary N) is 3. The maximum absolute atomic E-state index is 14.7. The fraction of sp³-hybridized carbons (Fsp3) is 0.281. The number of likely N-dealkylation sites (N-methyl/N-ethyl adjacent to an activating group) is 1. The van der Waals surface area contributed by atoms with E-state index in [4.69, 9.17) is 16.3 Å². The minimum absolute atomic E-state index is 0.0234. The van der Waals surface area contributed by atoms with Gasteiger partial charge >= 0.3 is 6.09 Å². The van der Waals surface area contributed by atoms with Crippen LogP contribution in [0.3, 0.4) is 0 Å². The van der Waals surface area contributed by atoms with Gasteiger partial charge in [-0.05, 0) is 68.1 Å². The highest BCUT2D eigenvalue weighted by Gasteiger charge is 2.30. The van der Waals surface area contributed by atoms with E-state index in [9.17, 15) is 23.6 Å². The third-order valence-corrected chi connectivity index (χ3v) is 7.37. The zero-order valence-electron chi connectivity index (χ0n) is 24.4. The molecule has 12 heteroatoms. The topological polar surface area (TPSA) is 130 Å². The largest absolute Gasteiger partial charge is 0.441 e. The molecule has 4 rings (SSSR count). The molecule has 0 saturated heterocycles. The maximum atomic E-state index is 14.7. The molecule has 1 aliphatic rings. The van der Waals surface area contributed by atoms with E-state index < -0.39 is 18.0 Å². The van der Waals surface area contributed by atoms with Crippen LogP contribution in [0, 0.1) is 5.82 Å².